The van der Waals surface area contributed by atoms with Gasteiger partial charge in [-0.05, 0) is 11.4 Å². The zero-order valence-electron chi connectivity index (χ0n) is 13.0. The molecular formula is C15H17N3O5S. The van der Waals surface area contributed by atoms with E-state index in [0.717, 1.165) is 4.88 Å². The second-order valence-corrected chi connectivity index (χ2v) is 6.09. The predicted molar refractivity (Wildman–Crippen MR) is 84.3 cm³/mol. The SMILES string of the molecule is O=C(CCc1nc(-c2cccs2)no1)OCC(=O)N1CCOCC1. The van der Waals surface area contributed by atoms with Crippen LogP contribution < -0.4 is 0 Å². The Morgan fingerprint density at radius 1 is 1.33 bits per heavy atom. The Hall–Kier alpha value is -2.26. The van der Waals surface area contributed by atoms with Gasteiger partial charge < -0.3 is 18.9 Å². The van der Waals surface area contributed by atoms with Crippen molar-refractivity contribution < 1.29 is 23.6 Å². The van der Waals surface area contributed by atoms with E-state index in [0.29, 0.717) is 38.0 Å². The van der Waals surface area contributed by atoms with Gasteiger partial charge in [-0.15, -0.1) is 11.3 Å². The largest absolute Gasteiger partial charge is 0.456 e. The van der Waals surface area contributed by atoms with Crippen LogP contribution in [0.25, 0.3) is 10.7 Å². The van der Waals surface area contributed by atoms with Crippen LogP contribution in [0.15, 0.2) is 22.0 Å². The molecule has 1 amide bonds. The van der Waals surface area contributed by atoms with E-state index in [4.69, 9.17) is 14.0 Å². The Bertz CT molecular complexity index is 679. The zero-order valence-corrected chi connectivity index (χ0v) is 13.8. The maximum Gasteiger partial charge on any atom is 0.306 e. The molecule has 0 N–H and O–H groups in total. The highest BCUT2D eigenvalue weighted by Crippen LogP contribution is 2.21. The predicted octanol–water partition coefficient (Wildman–Crippen LogP) is 1.13. The molecular weight excluding hydrogens is 334 g/mol. The molecule has 0 unspecified atom stereocenters. The Kier molecular flexibility index (Phi) is 5.55. The molecule has 9 heteroatoms. The van der Waals surface area contributed by atoms with Crippen LogP contribution in [0, 0.1) is 0 Å². The van der Waals surface area contributed by atoms with Crippen molar-refractivity contribution >= 4 is 23.2 Å². The van der Waals surface area contributed by atoms with Crippen molar-refractivity contribution in [3.05, 3.63) is 23.4 Å². The second kappa shape index (κ2) is 8.02. The minimum Gasteiger partial charge on any atom is -0.456 e. The standard InChI is InChI=1S/C15H17N3O5S/c19-13(18-5-7-21-8-6-18)10-22-14(20)4-3-12-16-15(17-23-12)11-2-1-9-24-11/h1-2,9H,3-8,10H2. The molecule has 0 atom stereocenters. The van der Waals surface area contributed by atoms with E-state index in [1.165, 1.54) is 11.3 Å². The number of aromatic nitrogens is 2. The number of amides is 1. The van der Waals surface area contributed by atoms with Crippen LogP contribution >= 0.6 is 11.3 Å². The molecule has 2 aromatic heterocycles. The first kappa shape index (κ1) is 16.6. The lowest BCUT2D eigenvalue weighted by molar-refractivity contribution is -0.153. The van der Waals surface area contributed by atoms with Gasteiger partial charge in [0.15, 0.2) is 6.61 Å². The first-order chi connectivity index (χ1) is 11.7. The number of aryl methyl sites for hydroxylation is 1. The highest BCUT2D eigenvalue weighted by Gasteiger charge is 2.18. The minimum absolute atomic E-state index is 0.0858. The van der Waals surface area contributed by atoms with E-state index in [-0.39, 0.29) is 25.4 Å². The molecule has 24 heavy (non-hydrogen) atoms. The number of esters is 1. The van der Waals surface area contributed by atoms with E-state index in [1.807, 2.05) is 17.5 Å². The summed E-state index contributed by atoms with van der Waals surface area (Å²) in [6.07, 6.45) is 0.366. The van der Waals surface area contributed by atoms with Gasteiger partial charge in [-0.3, -0.25) is 9.59 Å². The quantitative estimate of drug-likeness (QED) is 0.720. The van der Waals surface area contributed by atoms with E-state index < -0.39 is 5.97 Å². The summed E-state index contributed by atoms with van der Waals surface area (Å²) in [5, 5.41) is 5.80. The van der Waals surface area contributed by atoms with Gasteiger partial charge >= 0.3 is 5.97 Å². The third-order valence-electron chi connectivity index (χ3n) is 3.47. The molecule has 0 aromatic carbocycles. The van der Waals surface area contributed by atoms with Crippen LogP contribution in [-0.2, 0) is 25.5 Å². The van der Waals surface area contributed by atoms with Gasteiger partial charge in [-0.1, -0.05) is 11.2 Å². The molecule has 0 radical (unpaired) electrons. The Balaban J connectivity index is 1.40. The van der Waals surface area contributed by atoms with Gasteiger partial charge in [0, 0.05) is 19.5 Å². The van der Waals surface area contributed by atoms with Gasteiger partial charge in [-0.25, -0.2) is 0 Å². The highest BCUT2D eigenvalue weighted by atomic mass is 32.1. The molecule has 1 fully saturated rings. The second-order valence-electron chi connectivity index (χ2n) is 5.14. The summed E-state index contributed by atoms with van der Waals surface area (Å²) in [5.41, 5.74) is 0. The molecule has 1 aliphatic rings. The molecule has 0 spiro atoms. The number of carbonyl (C=O) groups is 2. The van der Waals surface area contributed by atoms with E-state index >= 15 is 0 Å². The highest BCUT2D eigenvalue weighted by molar-refractivity contribution is 7.13. The van der Waals surface area contributed by atoms with Gasteiger partial charge in [0.05, 0.1) is 24.5 Å². The number of carbonyl (C=O) groups excluding carboxylic acids is 2. The lowest BCUT2D eigenvalue weighted by atomic mass is 10.3. The lowest BCUT2D eigenvalue weighted by Crippen LogP contribution is -2.42. The number of hydrogen-bond acceptors (Lipinski definition) is 8. The molecule has 1 saturated heterocycles. The summed E-state index contributed by atoms with van der Waals surface area (Å²) in [6, 6.07) is 3.80. The Morgan fingerprint density at radius 2 is 2.17 bits per heavy atom. The third-order valence-corrected chi connectivity index (χ3v) is 4.34. The van der Waals surface area contributed by atoms with Gasteiger partial charge in [0.25, 0.3) is 5.91 Å². The molecule has 0 saturated carbocycles. The van der Waals surface area contributed by atoms with E-state index in [1.54, 1.807) is 4.90 Å². The van der Waals surface area contributed by atoms with Crippen LogP contribution in [-0.4, -0.2) is 59.8 Å². The van der Waals surface area contributed by atoms with Gasteiger partial charge in [-0.2, -0.15) is 4.98 Å². The Morgan fingerprint density at radius 3 is 2.92 bits per heavy atom. The molecule has 128 valence electrons. The Labute approximate surface area is 142 Å². The summed E-state index contributed by atoms with van der Waals surface area (Å²) >= 11 is 1.51. The smallest absolute Gasteiger partial charge is 0.306 e. The zero-order chi connectivity index (χ0) is 16.8. The molecule has 0 aliphatic carbocycles. The summed E-state index contributed by atoms with van der Waals surface area (Å²) in [7, 11) is 0. The number of nitrogens with zero attached hydrogens (tertiary/aromatic N) is 3. The first-order valence-corrected chi connectivity index (χ1v) is 8.48. The van der Waals surface area contributed by atoms with Crippen LogP contribution in [0.5, 0.6) is 0 Å². The van der Waals surface area contributed by atoms with Gasteiger partial charge in [0.2, 0.25) is 11.7 Å². The van der Waals surface area contributed by atoms with E-state index in [2.05, 4.69) is 10.1 Å². The fourth-order valence-corrected chi connectivity index (χ4v) is 2.84. The average Bonchev–Trinajstić information content (AvgIpc) is 3.29. The first-order valence-electron chi connectivity index (χ1n) is 7.60. The van der Waals surface area contributed by atoms with Crippen molar-refractivity contribution in [1.29, 1.82) is 0 Å². The van der Waals surface area contributed by atoms with Crippen molar-refractivity contribution in [1.82, 2.24) is 15.0 Å². The monoisotopic (exact) mass is 351 g/mol. The van der Waals surface area contributed by atoms with Crippen LogP contribution in [0.3, 0.4) is 0 Å². The maximum atomic E-state index is 11.9. The molecule has 3 heterocycles. The van der Waals surface area contributed by atoms with Crippen molar-refractivity contribution in [2.75, 3.05) is 32.9 Å². The molecule has 2 aromatic rings. The van der Waals surface area contributed by atoms with Crippen molar-refractivity contribution in [3.8, 4) is 10.7 Å². The fraction of sp³-hybridized carbons (Fsp3) is 0.467. The molecule has 1 aliphatic heterocycles. The minimum atomic E-state index is -0.465. The number of hydrogen-bond donors (Lipinski definition) is 0. The van der Waals surface area contributed by atoms with Crippen molar-refractivity contribution in [3.63, 3.8) is 0 Å². The topological polar surface area (TPSA) is 94.8 Å². The number of thiophene rings is 1. The van der Waals surface area contributed by atoms with Crippen molar-refractivity contribution in [2.45, 2.75) is 12.8 Å². The lowest BCUT2D eigenvalue weighted by Gasteiger charge is -2.26. The number of ether oxygens (including phenoxy) is 2. The average molecular weight is 351 g/mol. The molecule has 8 nitrogen and oxygen atoms in total. The summed E-state index contributed by atoms with van der Waals surface area (Å²) in [5.74, 6) is 0.211. The summed E-state index contributed by atoms with van der Waals surface area (Å²) in [6.45, 7) is 1.85. The number of rotatable bonds is 6. The fourth-order valence-electron chi connectivity index (χ4n) is 2.19. The molecule has 3 rings (SSSR count). The summed E-state index contributed by atoms with van der Waals surface area (Å²) in [4.78, 5) is 30.4. The van der Waals surface area contributed by atoms with E-state index in [9.17, 15) is 9.59 Å². The maximum absolute atomic E-state index is 11.9. The van der Waals surface area contributed by atoms with Crippen molar-refractivity contribution in [2.24, 2.45) is 0 Å². The normalized spacial score (nSPS) is 14.6. The third kappa shape index (κ3) is 4.39. The van der Waals surface area contributed by atoms with Crippen LogP contribution in [0.4, 0.5) is 0 Å². The van der Waals surface area contributed by atoms with Crippen LogP contribution in [0.1, 0.15) is 12.3 Å². The molecule has 0 bridgehead atoms. The van der Waals surface area contributed by atoms with Gasteiger partial charge in [0.1, 0.15) is 0 Å². The van der Waals surface area contributed by atoms with Crippen LogP contribution in [0.2, 0.25) is 0 Å². The summed E-state index contributed by atoms with van der Waals surface area (Å²) < 4.78 is 15.3. The number of morpholine rings is 1.